The summed E-state index contributed by atoms with van der Waals surface area (Å²) >= 11 is 5.84. The number of hydrogen-bond acceptors (Lipinski definition) is 4. The topological polar surface area (TPSA) is 63.7 Å². The second-order valence-corrected chi connectivity index (χ2v) is 6.90. The summed E-state index contributed by atoms with van der Waals surface area (Å²) in [7, 11) is -3.89. The summed E-state index contributed by atoms with van der Waals surface area (Å²) in [5, 5.41) is 0.474. The molecule has 0 aromatic heterocycles. The number of ether oxygens (including phenoxy) is 1. The highest BCUT2D eigenvalue weighted by atomic mass is 35.5. The molecule has 7 heteroatoms. The smallest absolute Gasteiger partial charge is 0.326 e. The van der Waals surface area contributed by atoms with Crippen LogP contribution in [0.2, 0.25) is 5.02 Å². The van der Waals surface area contributed by atoms with Crippen LogP contribution >= 0.6 is 11.6 Å². The van der Waals surface area contributed by atoms with Gasteiger partial charge in [-0.2, -0.15) is 0 Å². The van der Waals surface area contributed by atoms with Crippen molar-refractivity contribution in [3.05, 3.63) is 59.6 Å². The van der Waals surface area contributed by atoms with E-state index >= 15 is 0 Å². The van der Waals surface area contributed by atoms with Crippen LogP contribution < -0.4 is 4.31 Å². The number of sulfonamides is 1. The summed E-state index contributed by atoms with van der Waals surface area (Å²) in [5.74, 6) is -0.623. The molecule has 0 bridgehead atoms. The Morgan fingerprint density at radius 2 is 1.70 bits per heavy atom. The highest BCUT2D eigenvalue weighted by molar-refractivity contribution is 7.92. The lowest BCUT2D eigenvalue weighted by molar-refractivity contribution is -0.141. The van der Waals surface area contributed by atoms with Crippen molar-refractivity contribution in [3.8, 4) is 0 Å². The number of hydrogen-bond donors (Lipinski definition) is 0. The van der Waals surface area contributed by atoms with Gasteiger partial charge in [0.1, 0.15) is 6.54 Å². The maximum atomic E-state index is 12.8. The average Bonchev–Trinajstić information content (AvgIpc) is 2.55. The molecular formula is C16H16ClNO4S. The zero-order valence-electron chi connectivity index (χ0n) is 12.5. The number of rotatable bonds is 6. The molecule has 122 valence electrons. The molecule has 0 atom stereocenters. The van der Waals surface area contributed by atoms with E-state index < -0.39 is 22.5 Å². The third-order valence-electron chi connectivity index (χ3n) is 3.02. The van der Waals surface area contributed by atoms with Gasteiger partial charge in [0, 0.05) is 5.02 Å². The molecule has 0 amide bonds. The molecule has 0 unspecified atom stereocenters. The van der Waals surface area contributed by atoms with Crippen LogP contribution in [0.4, 0.5) is 5.69 Å². The van der Waals surface area contributed by atoms with Crippen LogP contribution in [0.3, 0.4) is 0 Å². The Bertz CT molecular complexity index is 760. The predicted octanol–water partition coefficient (Wildman–Crippen LogP) is 3.10. The van der Waals surface area contributed by atoms with Crippen LogP contribution in [0.15, 0.2) is 59.5 Å². The Morgan fingerprint density at radius 3 is 2.26 bits per heavy atom. The van der Waals surface area contributed by atoms with Crippen LogP contribution in [-0.4, -0.2) is 27.5 Å². The number of anilines is 1. The Labute approximate surface area is 140 Å². The van der Waals surface area contributed by atoms with Crippen molar-refractivity contribution < 1.29 is 17.9 Å². The largest absolute Gasteiger partial charge is 0.465 e. The highest BCUT2D eigenvalue weighted by Gasteiger charge is 2.27. The Balaban J connectivity index is 2.44. The molecule has 0 heterocycles. The second-order valence-electron chi connectivity index (χ2n) is 4.61. The summed E-state index contributed by atoms with van der Waals surface area (Å²) in [6.45, 7) is 1.43. The van der Waals surface area contributed by atoms with E-state index in [1.54, 1.807) is 49.4 Å². The van der Waals surface area contributed by atoms with E-state index in [0.29, 0.717) is 10.7 Å². The van der Waals surface area contributed by atoms with Gasteiger partial charge in [0.15, 0.2) is 0 Å². The quantitative estimate of drug-likeness (QED) is 0.748. The predicted molar refractivity (Wildman–Crippen MR) is 89.1 cm³/mol. The van der Waals surface area contributed by atoms with Crippen LogP contribution in [0.5, 0.6) is 0 Å². The molecule has 0 aliphatic heterocycles. The molecule has 2 aromatic rings. The lowest BCUT2D eigenvalue weighted by Crippen LogP contribution is -2.36. The number of esters is 1. The average molecular weight is 354 g/mol. The first-order valence-corrected chi connectivity index (χ1v) is 8.76. The van der Waals surface area contributed by atoms with Crippen LogP contribution in [0, 0.1) is 0 Å². The summed E-state index contributed by atoms with van der Waals surface area (Å²) in [6.07, 6.45) is 0. The van der Waals surface area contributed by atoms with Gasteiger partial charge in [-0.1, -0.05) is 29.8 Å². The van der Waals surface area contributed by atoms with Gasteiger partial charge in [0.25, 0.3) is 10.0 Å². The normalized spacial score (nSPS) is 11.0. The molecule has 0 N–H and O–H groups in total. The molecule has 0 fully saturated rings. The highest BCUT2D eigenvalue weighted by Crippen LogP contribution is 2.25. The van der Waals surface area contributed by atoms with Gasteiger partial charge in [-0.3, -0.25) is 9.10 Å². The monoisotopic (exact) mass is 353 g/mol. The summed E-state index contributed by atoms with van der Waals surface area (Å²) < 4.78 is 31.6. The third kappa shape index (κ3) is 4.24. The van der Waals surface area contributed by atoms with E-state index in [2.05, 4.69) is 0 Å². The molecule has 5 nitrogen and oxygen atoms in total. The van der Waals surface area contributed by atoms with Crippen molar-refractivity contribution in [1.29, 1.82) is 0 Å². The number of nitrogens with zero attached hydrogens (tertiary/aromatic N) is 1. The molecule has 0 saturated carbocycles. The molecule has 0 radical (unpaired) electrons. The first-order valence-electron chi connectivity index (χ1n) is 6.94. The minimum Gasteiger partial charge on any atom is -0.465 e. The zero-order chi connectivity index (χ0) is 16.9. The van der Waals surface area contributed by atoms with E-state index in [1.165, 1.54) is 12.1 Å². The van der Waals surface area contributed by atoms with Crippen molar-refractivity contribution >= 4 is 33.3 Å². The van der Waals surface area contributed by atoms with Crippen LogP contribution in [0.25, 0.3) is 0 Å². The van der Waals surface area contributed by atoms with Crippen molar-refractivity contribution in [3.63, 3.8) is 0 Å². The van der Waals surface area contributed by atoms with Gasteiger partial charge in [0.2, 0.25) is 0 Å². The van der Waals surface area contributed by atoms with E-state index in [1.807, 2.05) is 0 Å². The molecule has 23 heavy (non-hydrogen) atoms. The van der Waals surface area contributed by atoms with Gasteiger partial charge in [0.05, 0.1) is 17.2 Å². The number of benzene rings is 2. The van der Waals surface area contributed by atoms with E-state index in [9.17, 15) is 13.2 Å². The van der Waals surface area contributed by atoms with Crippen LogP contribution in [-0.2, 0) is 19.6 Å². The second kappa shape index (κ2) is 7.48. The fourth-order valence-electron chi connectivity index (χ4n) is 1.97. The zero-order valence-corrected chi connectivity index (χ0v) is 14.0. The van der Waals surface area contributed by atoms with Gasteiger partial charge in [-0.25, -0.2) is 8.42 Å². The van der Waals surface area contributed by atoms with E-state index in [-0.39, 0.29) is 11.5 Å². The number of halogens is 1. The van der Waals surface area contributed by atoms with Crippen molar-refractivity contribution in [2.45, 2.75) is 11.8 Å². The fraction of sp³-hybridized carbons (Fsp3) is 0.188. The molecule has 0 aliphatic carbocycles. The van der Waals surface area contributed by atoms with Crippen molar-refractivity contribution in [2.24, 2.45) is 0 Å². The minimum atomic E-state index is -3.89. The molecule has 2 aromatic carbocycles. The summed E-state index contributed by atoms with van der Waals surface area (Å²) in [5.41, 5.74) is 0.339. The molecule has 0 spiro atoms. The van der Waals surface area contributed by atoms with Crippen molar-refractivity contribution in [1.82, 2.24) is 0 Å². The molecule has 2 rings (SSSR count). The third-order valence-corrected chi connectivity index (χ3v) is 5.06. The molecule has 0 saturated heterocycles. The molecule has 0 aliphatic rings. The first-order chi connectivity index (χ1) is 10.9. The minimum absolute atomic E-state index is 0.0965. The fourth-order valence-corrected chi connectivity index (χ4v) is 3.52. The summed E-state index contributed by atoms with van der Waals surface area (Å²) in [6, 6.07) is 14.1. The Hall–Kier alpha value is -2.05. The Kier molecular flexibility index (Phi) is 5.63. The number of carbonyl (C=O) groups is 1. The van der Waals surface area contributed by atoms with Gasteiger partial charge >= 0.3 is 5.97 Å². The standard InChI is InChI=1S/C16H16ClNO4S/c1-2-22-16(19)12-18(14-10-8-13(17)9-11-14)23(20,21)15-6-4-3-5-7-15/h3-11H,2,12H2,1H3. The Morgan fingerprint density at radius 1 is 1.09 bits per heavy atom. The SMILES string of the molecule is CCOC(=O)CN(c1ccc(Cl)cc1)S(=O)(=O)c1ccccc1. The van der Waals surface area contributed by atoms with E-state index in [0.717, 1.165) is 4.31 Å². The van der Waals surface area contributed by atoms with E-state index in [4.69, 9.17) is 16.3 Å². The maximum absolute atomic E-state index is 12.8. The van der Waals surface area contributed by atoms with Crippen molar-refractivity contribution in [2.75, 3.05) is 17.5 Å². The van der Waals surface area contributed by atoms with Gasteiger partial charge in [-0.05, 0) is 43.3 Å². The maximum Gasteiger partial charge on any atom is 0.326 e. The first kappa shape index (κ1) is 17.3. The summed E-state index contributed by atoms with van der Waals surface area (Å²) in [4.78, 5) is 11.9. The molecular weight excluding hydrogens is 338 g/mol. The van der Waals surface area contributed by atoms with Gasteiger partial charge in [-0.15, -0.1) is 0 Å². The number of carbonyl (C=O) groups excluding carboxylic acids is 1. The lowest BCUT2D eigenvalue weighted by Gasteiger charge is -2.23. The van der Waals surface area contributed by atoms with Crippen LogP contribution in [0.1, 0.15) is 6.92 Å². The van der Waals surface area contributed by atoms with Gasteiger partial charge < -0.3 is 4.74 Å². The lowest BCUT2D eigenvalue weighted by atomic mass is 10.3.